The van der Waals surface area contributed by atoms with E-state index in [2.05, 4.69) is 21.2 Å². The summed E-state index contributed by atoms with van der Waals surface area (Å²) in [5.74, 6) is 1.61. The Morgan fingerprint density at radius 3 is 2.72 bits per heavy atom. The first-order valence-electron chi connectivity index (χ1n) is 9.47. The molecule has 0 aliphatic carbocycles. The van der Waals surface area contributed by atoms with Gasteiger partial charge in [-0.1, -0.05) is 12.1 Å². The standard InChI is InChI=1S/C20H23N5O2S2/c1-14(25-18(21-22-20(25)28)17-7-4-12-29-17)19(26)24-10-8-23(9-11-24)15-5-3-6-16(13-15)27-2/h3-7,12-14H,8-11H2,1-2H3,(H,22,28). The Bertz CT molecular complexity index is 1040. The van der Waals surface area contributed by atoms with Gasteiger partial charge in [0.2, 0.25) is 5.91 Å². The Kier molecular flexibility index (Phi) is 5.68. The molecule has 2 aromatic heterocycles. The highest BCUT2D eigenvalue weighted by Gasteiger charge is 2.28. The molecule has 1 aliphatic rings. The van der Waals surface area contributed by atoms with Crippen molar-refractivity contribution in [2.45, 2.75) is 13.0 Å². The van der Waals surface area contributed by atoms with Crippen LogP contribution in [0.3, 0.4) is 0 Å². The van der Waals surface area contributed by atoms with E-state index in [0.717, 1.165) is 29.4 Å². The van der Waals surface area contributed by atoms with Crippen LogP contribution in [0.25, 0.3) is 10.7 Å². The maximum Gasteiger partial charge on any atom is 0.245 e. The molecule has 0 radical (unpaired) electrons. The lowest BCUT2D eigenvalue weighted by Crippen LogP contribution is -2.50. The Morgan fingerprint density at radius 1 is 1.24 bits per heavy atom. The Labute approximate surface area is 178 Å². The highest BCUT2D eigenvalue weighted by atomic mass is 32.1. The molecule has 1 N–H and O–H groups in total. The lowest BCUT2D eigenvalue weighted by Gasteiger charge is -2.37. The van der Waals surface area contributed by atoms with Crippen molar-refractivity contribution in [3.8, 4) is 16.5 Å². The number of hydrogen-bond acceptors (Lipinski definition) is 6. The van der Waals surface area contributed by atoms with Crippen LogP contribution >= 0.6 is 23.6 Å². The van der Waals surface area contributed by atoms with Gasteiger partial charge in [-0.05, 0) is 42.7 Å². The molecule has 3 aromatic rings. The molecule has 4 rings (SSSR count). The van der Waals surface area contributed by atoms with Crippen molar-refractivity contribution in [2.24, 2.45) is 0 Å². The van der Waals surface area contributed by atoms with Gasteiger partial charge >= 0.3 is 0 Å². The van der Waals surface area contributed by atoms with Gasteiger partial charge in [-0.25, -0.2) is 0 Å². The van der Waals surface area contributed by atoms with Crippen LogP contribution < -0.4 is 9.64 Å². The van der Waals surface area contributed by atoms with Gasteiger partial charge < -0.3 is 14.5 Å². The summed E-state index contributed by atoms with van der Waals surface area (Å²) < 4.78 is 7.60. The topological polar surface area (TPSA) is 66.4 Å². The van der Waals surface area contributed by atoms with E-state index in [1.165, 1.54) is 0 Å². The van der Waals surface area contributed by atoms with E-state index in [1.54, 1.807) is 18.4 Å². The number of H-pyrrole nitrogens is 1. The number of rotatable bonds is 5. The maximum atomic E-state index is 13.2. The van der Waals surface area contributed by atoms with E-state index in [9.17, 15) is 4.79 Å². The first kappa shape index (κ1) is 19.7. The minimum Gasteiger partial charge on any atom is -0.497 e. The van der Waals surface area contributed by atoms with Crippen LogP contribution in [-0.2, 0) is 4.79 Å². The van der Waals surface area contributed by atoms with Crippen molar-refractivity contribution >= 4 is 35.1 Å². The molecule has 29 heavy (non-hydrogen) atoms. The molecule has 0 bridgehead atoms. The summed E-state index contributed by atoms with van der Waals surface area (Å²) in [4.78, 5) is 18.4. The maximum absolute atomic E-state index is 13.2. The van der Waals surface area contributed by atoms with E-state index in [4.69, 9.17) is 17.0 Å². The average Bonchev–Trinajstić information content (AvgIpc) is 3.42. The van der Waals surface area contributed by atoms with Crippen molar-refractivity contribution in [3.63, 3.8) is 0 Å². The van der Waals surface area contributed by atoms with Gasteiger partial charge in [0.25, 0.3) is 0 Å². The average molecular weight is 430 g/mol. The normalized spacial score (nSPS) is 15.4. The quantitative estimate of drug-likeness (QED) is 0.628. The van der Waals surface area contributed by atoms with Crippen molar-refractivity contribution in [2.75, 3.05) is 38.2 Å². The molecule has 0 saturated carbocycles. The van der Waals surface area contributed by atoms with Gasteiger partial charge in [0.05, 0.1) is 12.0 Å². The largest absolute Gasteiger partial charge is 0.497 e. The van der Waals surface area contributed by atoms with E-state index in [0.29, 0.717) is 23.7 Å². The molecule has 1 saturated heterocycles. The summed E-state index contributed by atoms with van der Waals surface area (Å²) in [6, 6.07) is 11.5. The van der Waals surface area contributed by atoms with Crippen molar-refractivity contribution in [1.29, 1.82) is 0 Å². The smallest absolute Gasteiger partial charge is 0.245 e. The Balaban J connectivity index is 1.46. The Morgan fingerprint density at radius 2 is 2.03 bits per heavy atom. The second kappa shape index (κ2) is 8.38. The van der Waals surface area contributed by atoms with E-state index < -0.39 is 6.04 Å². The molecule has 3 heterocycles. The fraction of sp³-hybridized carbons (Fsp3) is 0.350. The van der Waals surface area contributed by atoms with Gasteiger partial charge in [-0.15, -0.1) is 11.3 Å². The molecule has 1 aromatic carbocycles. The summed E-state index contributed by atoms with van der Waals surface area (Å²) in [6.45, 7) is 4.78. The summed E-state index contributed by atoms with van der Waals surface area (Å²) in [6.07, 6.45) is 0. The van der Waals surface area contributed by atoms with Crippen LogP contribution in [-0.4, -0.2) is 58.9 Å². The number of aromatic amines is 1. The minimum absolute atomic E-state index is 0.0607. The van der Waals surface area contributed by atoms with Crippen LogP contribution in [0.5, 0.6) is 5.75 Å². The molecule has 1 fully saturated rings. The summed E-state index contributed by atoms with van der Waals surface area (Å²) in [7, 11) is 1.67. The number of nitrogens with zero attached hydrogens (tertiary/aromatic N) is 4. The lowest BCUT2D eigenvalue weighted by atomic mass is 10.2. The van der Waals surface area contributed by atoms with Gasteiger partial charge in [0.15, 0.2) is 10.6 Å². The van der Waals surface area contributed by atoms with E-state index in [-0.39, 0.29) is 5.91 Å². The molecule has 1 atom stereocenters. The van der Waals surface area contributed by atoms with Crippen LogP contribution in [0.1, 0.15) is 13.0 Å². The summed E-state index contributed by atoms with van der Waals surface area (Å²) in [5, 5.41) is 9.16. The number of nitrogens with one attached hydrogen (secondary N) is 1. The predicted octanol–water partition coefficient (Wildman–Crippen LogP) is 3.59. The number of ether oxygens (including phenoxy) is 1. The van der Waals surface area contributed by atoms with E-state index in [1.807, 2.05) is 52.1 Å². The predicted molar refractivity (Wildman–Crippen MR) is 117 cm³/mol. The number of anilines is 1. The van der Waals surface area contributed by atoms with Crippen LogP contribution in [0.15, 0.2) is 41.8 Å². The second-order valence-corrected chi connectivity index (χ2v) is 8.22. The van der Waals surface area contributed by atoms with Gasteiger partial charge in [-0.2, -0.15) is 5.10 Å². The number of carbonyl (C=O) groups excluding carboxylic acids is 1. The fourth-order valence-corrected chi connectivity index (χ4v) is 4.61. The molecule has 1 unspecified atom stereocenters. The number of carbonyl (C=O) groups is 1. The molecule has 1 aliphatic heterocycles. The van der Waals surface area contributed by atoms with Crippen molar-refractivity contribution in [3.05, 3.63) is 46.5 Å². The minimum atomic E-state index is -0.415. The Hall–Kier alpha value is -2.65. The number of amides is 1. The number of piperazine rings is 1. The number of aromatic nitrogens is 3. The zero-order valence-electron chi connectivity index (χ0n) is 16.4. The number of benzene rings is 1. The summed E-state index contributed by atoms with van der Waals surface area (Å²) in [5.41, 5.74) is 1.11. The number of thiophene rings is 1. The molecule has 7 nitrogen and oxygen atoms in total. The molecule has 1 amide bonds. The second-order valence-electron chi connectivity index (χ2n) is 6.89. The van der Waals surface area contributed by atoms with Gasteiger partial charge in [-0.3, -0.25) is 14.5 Å². The highest BCUT2D eigenvalue weighted by Crippen LogP contribution is 2.27. The first-order chi connectivity index (χ1) is 14.1. The SMILES string of the molecule is COc1cccc(N2CCN(C(=O)C(C)n3c(-c4cccs4)n[nH]c3=S)CC2)c1. The first-order valence-corrected chi connectivity index (χ1v) is 10.8. The lowest BCUT2D eigenvalue weighted by molar-refractivity contribution is -0.134. The molecule has 9 heteroatoms. The number of methoxy groups -OCH3 is 1. The molecular formula is C20H23N5O2S2. The zero-order valence-corrected chi connectivity index (χ0v) is 18.0. The van der Waals surface area contributed by atoms with Gasteiger partial charge in [0.1, 0.15) is 11.8 Å². The monoisotopic (exact) mass is 429 g/mol. The number of hydrogen-bond donors (Lipinski definition) is 1. The van der Waals surface area contributed by atoms with Crippen LogP contribution in [0, 0.1) is 4.77 Å². The third kappa shape index (κ3) is 3.92. The van der Waals surface area contributed by atoms with Crippen molar-refractivity contribution < 1.29 is 9.53 Å². The molecule has 0 spiro atoms. The van der Waals surface area contributed by atoms with Gasteiger partial charge in [0, 0.05) is 37.9 Å². The molecule has 152 valence electrons. The third-order valence-corrected chi connectivity index (χ3v) is 6.35. The van der Waals surface area contributed by atoms with Crippen molar-refractivity contribution in [1.82, 2.24) is 19.7 Å². The fourth-order valence-electron chi connectivity index (χ4n) is 3.61. The third-order valence-electron chi connectivity index (χ3n) is 5.20. The summed E-state index contributed by atoms with van der Waals surface area (Å²) >= 11 is 6.99. The van der Waals surface area contributed by atoms with Crippen LogP contribution in [0.4, 0.5) is 5.69 Å². The van der Waals surface area contributed by atoms with E-state index >= 15 is 0 Å². The zero-order chi connectivity index (χ0) is 20.4. The van der Waals surface area contributed by atoms with Crippen LogP contribution in [0.2, 0.25) is 0 Å². The molecular weight excluding hydrogens is 406 g/mol. The highest BCUT2D eigenvalue weighted by molar-refractivity contribution is 7.71.